The lowest BCUT2D eigenvalue weighted by Crippen LogP contribution is -1.80. The monoisotopic (exact) mass is 168 g/mol. The molecular weight excluding hydrogens is 160 g/mol. The number of aromatic amines is 1. The van der Waals surface area contributed by atoms with Crippen molar-refractivity contribution >= 4 is 21.8 Å². The first kappa shape index (κ1) is 6.66. The van der Waals surface area contributed by atoms with E-state index in [0.717, 1.165) is 11.0 Å². The van der Waals surface area contributed by atoms with E-state index >= 15 is 0 Å². The van der Waals surface area contributed by atoms with Crippen LogP contribution in [0.25, 0.3) is 21.8 Å². The molecule has 0 spiro atoms. The number of nitrogens with one attached hydrogen (secondary N) is 1. The smallest absolute Gasteiger partial charge is 0.0871 e. The third-order valence-corrected chi connectivity index (χ3v) is 2.28. The number of rotatable bonds is 0. The SMILES string of the molecule is c1cc2cc3ncc[nH]c3cc2c1. The summed E-state index contributed by atoms with van der Waals surface area (Å²) in [6, 6.07) is 10.5. The largest absolute Gasteiger partial charge is 0.358 e. The van der Waals surface area contributed by atoms with Gasteiger partial charge in [0.15, 0.2) is 0 Å². The summed E-state index contributed by atoms with van der Waals surface area (Å²) in [5, 5.41) is 2.51. The van der Waals surface area contributed by atoms with Crippen molar-refractivity contribution in [1.29, 1.82) is 0 Å². The Morgan fingerprint density at radius 1 is 1.08 bits per heavy atom. The summed E-state index contributed by atoms with van der Waals surface area (Å²) < 4.78 is 0. The summed E-state index contributed by atoms with van der Waals surface area (Å²) in [5.74, 6) is 0. The van der Waals surface area contributed by atoms with Crippen LogP contribution in [0.5, 0.6) is 0 Å². The van der Waals surface area contributed by atoms with Gasteiger partial charge < -0.3 is 4.98 Å². The fourth-order valence-corrected chi connectivity index (χ4v) is 1.63. The van der Waals surface area contributed by atoms with Crippen LogP contribution in [0, 0.1) is 0 Å². The average Bonchev–Trinajstić information content (AvgIpc) is 2.61. The van der Waals surface area contributed by atoms with Gasteiger partial charge in [-0.25, -0.2) is 0 Å². The number of hydrogen-bond acceptors (Lipinski definition) is 1. The maximum absolute atomic E-state index is 4.28. The zero-order chi connectivity index (χ0) is 8.67. The number of H-pyrrole nitrogens is 1. The molecule has 0 saturated heterocycles. The topological polar surface area (TPSA) is 28.7 Å². The Morgan fingerprint density at radius 3 is 2.85 bits per heavy atom. The van der Waals surface area contributed by atoms with E-state index in [-0.39, 0.29) is 0 Å². The van der Waals surface area contributed by atoms with E-state index < -0.39 is 0 Å². The third-order valence-electron chi connectivity index (χ3n) is 2.28. The second-order valence-corrected chi connectivity index (χ2v) is 3.11. The second-order valence-electron chi connectivity index (χ2n) is 3.11. The molecule has 2 nitrogen and oxygen atoms in total. The Bertz CT molecular complexity index is 517. The van der Waals surface area contributed by atoms with Crippen molar-refractivity contribution in [1.82, 2.24) is 9.97 Å². The third kappa shape index (κ3) is 0.920. The van der Waals surface area contributed by atoms with Gasteiger partial charge >= 0.3 is 0 Å². The van der Waals surface area contributed by atoms with Gasteiger partial charge in [0.1, 0.15) is 0 Å². The molecule has 0 atom stereocenters. The molecule has 0 bridgehead atoms. The van der Waals surface area contributed by atoms with Gasteiger partial charge in [0.05, 0.1) is 11.0 Å². The molecule has 13 heavy (non-hydrogen) atoms. The van der Waals surface area contributed by atoms with Crippen LogP contribution in [0.1, 0.15) is 0 Å². The molecule has 0 saturated carbocycles. The van der Waals surface area contributed by atoms with Crippen molar-refractivity contribution in [3.05, 3.63) is 42.7 Å². The summed E-state index contributed by atoms with van der Waals surface area (Å²) in [6.45, 7) is 0. The molecule has 0 aliphatic carbocycles. The Labute approximate surface area is 75.2 Å². The first-order chi connectivity index (χ1) is 6.43. The van der Waals surface area contributed by atoms with Gasteiger partial charge in [-0.05, 0) is 22.9 Å². The minimum Gasteiger partial charge on any atom is -0.358 e. The van der Waals surface area contributed by atoms with Crippen LogP contribution in [0.2, 0.25) is 0 Å². The van der Waals surface area contributed by atoms with Gasteiger partial charge in [0, 0.05) is 12.4 Å². The molecule has 0 amide bonds. The zero-order valence-corrected chi connectivity index (χ0v) is 6.99. The predicted molar refractivity (Wildman–Crippen MR) is 53.6 cm³/mol. The van der Waals surface area contributed by atoms with E-state index in [2.05, 4.69) is 40.3 Å². The minimum absolute atomic E-state index is 1.02. The van der Waals surface area contributed by atoms with Crippen LogP contribution >= 0.6 is 0 Å². The van der Waals surface area contributed by atoms with Gasteiger partial charge in [-0.2, -0.15) is 0 Å². The van der Waals surface area contributed by atoms with Crippen LogP contribution in [0.4, 0.5) is 0 Å². The van der Waals surface area contributed by atoms with Crippen LogP contribution in [0.3, 0.4) is 0 Å². The standard InChI is InChI=1S/C11H8N2/c1-2-8-6-10-11(7-9(8)3-1)13-5-4-12-10/h1-7,12H. The molecule has 3 rings (SSSR count). The predicted octanol–water partition coefficient (Wildman–Crippen LogP) is 2.72. The first-order valence-electron chi connectivity index (χ1n) is 4.25. The van der Waals surface area contributed by atoms with Crippen LogP contribution < -0.4 is 0 Å². The van der Waals surface area contributed by atoms with Crippen molar-refractivity contribution in [2.75, 3.05) is 0 Å². The summed E-state index contributed by atoms with van der Waals surface area (Å²) in [6.07, 6.45) is 3.62. The second kappa shape index (κ2) is 2.33. The van der Waals surface area contributed by atoms with Crippen LogP contribution in [0.15, 0.2) is 42.7 Å². The molecule has 0 aliphatic heterocycles. The van der Waals surface area contributed by atoms with E-state index in [1.54, 1.807) is 6.20 Å². The molecule has 1 heterocycles. The van der Waals surface area contributed by atoms with Crippen molar-refractivity contribution < 1.29 is 0 Å². The number of aromatic nitrogens is 2. The van der Waals surface area contributed by atoms with Crippen molar-refractivity contribution in [2.45, 2.75) is 0 Å². The van der Waals surface area contributed by atoms with Crippen molar-refractivity contribution in [3.8, 4) is 0 Å². The lowest BCUT2D eigenvalue weighted by Gasteiger charge is -1.96. The van der Waals surface area contributed by atoms with Gasteiger partial charge in [-0.3, -0.25) is 4.98 Å². The summed E-state index contributed by atoms with van der Waals surface area (Å²) >= 11 is 0. The minimum atomic E-state index is 1.02. The van der Waals surface area contributed by atoms with Gasteiger partial charge in [0.2, 0.25) is 0 Å². The number of fused-ring (bicyclic) bond motifs is 2. The summed E-state index contributed by atoms with van der Waals surface area (Å²) in [5.41, 5.74) is 2.10. The Balaban J connectivity index is 2.57. The van der Waals surface area contributed by atoms with E-state index in [9.17, 15) is 0 Å². The van der Waals surface area contributed by atoms with E-state index in [0.29, 0.717) is 0 Å². The fraction of sp³-hybridized carbons (Fsp3) is 0. The maximum Gasteiger partial charge on any atom is 0.0871 e. The maximum atomic E-state index is 4.28. The number of benzene rings is 1. The number of nitrogens with zero attached hydrogens (tertiary/aromatic N) is 1. The lowest BCUT2D eigenvalue weighted by atomic mass is 10.2. The molecule has 2 aromatic carbocycles. The molecular formula is C11H8N2. The Kier molecular flexibility index (Phi) is 1.19. The fourth-order valence-electron chi connectivity index (χ4n) is 1.63. The molecule has 3 aromatic rings. The average molecular weight is 168 g/mol. The molecule has 0 unspecified atom stereocenters. The van der Waals surface area contributed by atoms with Crippen molar-refractivity contribution in [2.24, 2.45) is 0 Å². The quantitative estimate of drug-likeness (QED) is 0.549. The normalized spacial score (nSPS) is 11.1. The van der Waals surface area contributed by atoms with E-state index in [1.165, 1.54) is 10.8 Å². The molecule has 0 fully saturated rings. The highest BCUT2D eigenvalue weighted by Crippen LogP contribution is 2.20. The van der Waals surface area contributed by atoms with Gasteiger partial charge in [-0.1, -0.05) is 18.2 Å². The zero-order valence-electron chi connectivity index (χ0n) is 6.99. The van der Waals surface area contributed by atoms with E-state index in [4.69, 9.17) is 0 Å². The summed E-state index contributed by atoms with van der Waals surface area (Å²) in [4.78, 5) is 7.45. The molecule has 62 valence electrons. The van der Waals surface area contributed by atoms with E-state index in [1.807, 2.05) is 6.20 Å². The van der Waals surface area contributed by atoms with Crippen LogP contribution in [-0.4, -0.2) is 9.97 Å². The molecule has 1 N–H and O–H groups in total. The van der Waals surface area contributed by atoms with Gasteiger partial charge in [-0.15, -0.1) is 0 Å². The molecule has 0 aliphatic rings. The van der Waals surface area contributed by atoms with Gasteiger partial charge in [0.25, 0.3) is 0 Å². The van der Waals surface area contributed by atoms with Crippen LogP contribution in [-0.2, 0) is 0 Å². The lowest BCUT2D eigenvalue weighted by molar-refractivity contribution is 1.30. The summed E-state index contributed by atoms with van der Waals surface area (Å²) in [7, 11) is 0. The molecule has 2 heteroatoms. The first-order valence-corrected chi connectivity index (χ1v) is 4.25. The highest BCUT2D eigenvalue weighted by molar-refractivity contribution is 5.95. The Hall–Kier alpha value is -1.83. The van der Waals surface area contributed by atoms with Crippen molar-refractivity contribution in [3.63, 3.8) is 0 Å². The number of hydrogen-bond donors (Lipinski definition) is 1. The highest BCUT2D eigenvalue weighted by Gasteiger charge is 1.97. The highest BCUT2D eigenvalue weighted by atomic mass is 14.8. The molecule has 1 aromatic heterocycles. The Morgan fingerprint density at radius 2 is 1.92 bits per heavy atom. The molecule has 0 radical (unpaired) electrons.